The zero-order valence-corrected chi connectivity index (χ0v) is 11.9. The number of likely N-dealkylation sites (tertiary alicyclic amines) is 1. The molecule has 2 aliphatic rings. The Morgan fingerprint density at radius 1 is 1.05 bits per heavy atom. The molecule has 0 radical (unpaired) electrons. The van der Waals surface area contributed by atoms with Crippen LogP contribution in [0.2, 0.25) is 0 Å². The third-order valence-electron chi connectivity index (χ3n) is 4.86. The molecule has 4 heteroatoms. The zero-order chi connectivity index (χ0) is 13.6. The summed E-state index contributed by atoms with van der Waals surface area (Å²) in [6.07, 6.45) is 4.27. The highest BCUT2D eigenvalue weighted by atomic mass is 15.2. The number of fused-ring (bicyclic) bond motifs is 1. The van der Waals surface area contributed by atoms with Crippen LogP contribution in [0.3, 0.4) is 0 Å². The monoisotopic (exact) mass is 268 g/mol. The van der Waals surface area contributed by atoms with Crippen molar-refractivity contribution in [2.75, 3.05) is 38.1 Å². The molecule has 3 heterocycles. The van der Waals surface area contributed by atoms with Crippen molar-refractivity contribution in [3.8, 4) is 0 Å². The third kappa shape index (κ3) is 1.86. The van der Waals surface area contributed by atoms with E-state index in [0.717, 1.165) is 24.4 Å². The maximum Gasteiger partial charge on any atom is 0.139 e. The van der Waals surface area contributed by atoms with E-state index in [-0.39, 0.29) is 0 Å². The van der Waals surface area contributed by atoms with Crippen LogP contribution in [0.1, 0.15) is 12.8 Å². The van der Waals surface area contributed by atoms with Gasteiger partial charge < -0.3 is 9.80 Å². The second-order valence-electron chi connectivity index (χ2n) is 6.37. The molecule has 20 heavy (non-hydrogen) atoms. The predicted molar refractivity (Wildman–Crippen MR) is 80.9 cm³/mol. The Kier molecular flexibility index (Phi) is 2.67. The molecule has 1 spiro atoms. The van der Waals surface area contributed by atoms with Gasteiger partial charge in [0.25, 0.3) is 0 Å². The van der Waals surface area contributed by atoms with E-state index in [1.165, 1.54) is 31.3 Å². The van der Waals surface area contributed by atoms with Crippen molar-refractivity contribution in [2.45, 2.75) is 12.8 Å². The summed E-state index contributed by atoms with van der Waals surface area (Å²) in [5.74, 6) is 1.11. The van der Waals surface area contributed by atoms with Crippen LogP contribution in [-0.4, -0.2) is 48.1 Å². The van der Waals surface area contributed by atoms with E-state index in [9.17, 15) is 0 Å². The topological polar surface area (TPSA) is 32.3 Å². The van der Waals surface area contributed by atoms with Gasteiger partial charge in [-0.15, -0.1) is 0 Å². The zero-order valence-electron chi connectivity index (χ0n) is 11.9. The summed E-state index contributed by atoms with van der Waals surface area (Å²) in [4.78, 5) is 13.8. The molecule has 0 amide bonds. The highest BCUT2D eigenvalue weighted by Crippen LogP contribution is 2.40. The molecule has 0 bridgehead atoms. The van der Waals surface area contributed by atoms with Gasteiger partial charge in [-0.05, 0) is 37.4 Å². The van der Waals surface area contributed by atoms with Gasteiger partial charge in [0.15, 0.2) is 0 Å². The fraction of sp³-hybridized carbons (Fsp3) is 0.500. The number of rotatable bonds is 1. The lowest BCUT2D eigenvalue weighted by molar-refractivity contribution is 0.00125. The molecular formula is C16H20N4. The number of aromatic nitrogens is 2. The van der Waals surface area contributed by atoms with Gasteiger partial charge >= 0.3 is 0 Å². The average molecular weight is 268 g/mol. The summed E-state index contributed by atoms with van der Waals surface area (Å²) < 4.78 is 0. The van der Waals surface area contributed by atoms with Gasteiger partial charge in [-0.25, -0.2) is 9.97 Å². The highest BCUT2D eigenvalue weighted by Gasteiger charge is 2.43. The highest BCUT2D eigenvalue weighted by molar-refractivity contribution is 5.89. The number of piperidine rings is 1. The molecule has 2 aliphatic heterocycles. The molecule has 0 atom stereocenters. The Bertz CT molecular complexity index is 618. The molecule has 2 saturated heterocycles. The van der Waals surface area contributed by atoms with E-state index >= 15 is 0 Å². The summed E-state index contributed by atoms with van der Waals surface area (Å²) in [5, 5.41) is 1.18. The first kappa shape index (κ1) is 12.1. The van der Waals surface area contributed by atoms with E-state index in [4.69, 9.17) is 0 Å². The average Bonchev–Trinajstić information content (AvgIpc) is 2.46. The number of hydrogen-bond donors (Lipinski definition) is 0. The Morgan fingerprint density at radius 2 is 1.80 bits per heavy atom. The second-order valence-corrected chi connectivity index (χ2v) is 6.37. The first-order valence-electron chi connectivity index (χ1n) is 7.39. The maximum absolute atomic E-state index is 4.54. The maximum atomic E-state index is 4.54. The fourth-order valence-corrected chi connectivity index (χ4v) is 3.85. The number of hydrogen-bond acceptors (Lipinski definition) is 4. The van der Waals surface area contributed by atoms with Gasteiger partial charge in [0.1, 0.15) is 12.1 Å². The Morgan fingerprint density at radius 3 is 2.55 bits per heavy atom. The van der Waals surface area contributed by atoms with Crippen LogP contribution in [0.25, 0.3) is 10.9 Å². The number of benzene rings is 1. The normalized spacial score (nSPS) is 22.1. The van der Waals surface area contributed by atoms with Gasteiger partial charge in [-0.2, -0.15) is 0 Å². The van der Waals surface area contributed by atoms with Crippen LogP contribution in [0.4, 0.5) is 5.82 Å². The van der Waals surface area contributed by atoms with Crippen LogP contribution in [0.15, 0.2) is 30.6 Å². The van der Waals surface area contributed by atoms with Gasteiger partial charge in [-0.1, -0.05) is 12.1 Å². The largest absolute Gasteiger partial charge is 0.356 e. The van der Waals surface area contributed by atoms with Crippen molar-refractivity contribution in [1.29, 1.82) is 0 Å². The number of nitrogens with zero attached hydrogens (tertiary/aromatic N) is 4. The standard InChI is InChI=1S/C16H20N4/c1-19-10-16(11-19)6-8-20(9-7-16)15-13-4-2-3-5-14(13)17-12-18-15/h2-5,12H,6-11H2,1H3. The van der Waals surface area contributed by atoms with E-state index in [0.29, 0.717) is 5.41 Å². The molecule has 0 aliphatic carbocycles. The minimum absolute atomic E-state index is 0.591. The summed E-state index contributed by atoms with van der Waals surface area (Å²) >= 11 is 0. The lowest BCUT2D eigenvalue weighted by Gasteiger charge is -2.53. The smallest absolute Gasteiger partial charge is 0.139 e. The minimum atomic E-state index is 0.591. The van der Waals surface area contributed by atoms with Gasteiger partial charge in [0.05, 0.1) is 5.52 Å². The van der Waals surface area contributed by atoms with Crippen LogP contribution in [-0.2, 0) is 0 Å². The van der Waals surface area contributed by atoms with E-state index < -0.39 is 0 Å². The lowest BCUT2D eigenvalue weighted by atomic mass is 9.72. The molecule has 2 aromatic rings. The predicted octanol–water partition coefficient (Wildman–Crippen LogP) is 2.16. The molecule has 0 saturated carbocycles. The van der Waals surface area contributed by atoms with Gasteiger partial charge in [0, 0.05) is 31.6 Å². The van der Waals surface area contributed by atoms with Crippen LogP contribution in [0, 0.1) is 5.41 Å². The molecule has 4 nitrogen and oxygen atoms in total. The minimum Gasteiger partial charge on any atom is -0.356 e. The van der Waals surface area contributed by atoms with Crippen molar-refractivity contribution >= 4 is 16.7 Å². The molecule has 0 unspecified atom stereocenters. The molecular weight excluding hydrogens is 248 g/mol. The second kappa shape index (κ2) is 4.42. The quantitative estimate of drug-likeness (QED) is 0.793. The first-order valence-corrected chi connectivity index (χ1v) is 7.39. The lowest BCUT2D eigenvalue weighted by Crippen LogP contribution is -2.58. The van der Waals surface area contributed by atoms with Crippen LogP contribution < -0.4 is 4.90 Å². The van der Waals surface area contributed by atoms with Gasteiger partial charge in [0.2, 0.25) is 0 Å². The van der Waals surface area contributed by atoms with Gasteiger partial charge in [-0.3, -0.25) is 0 Å². The van der Waals surface area contributed by atoms with Crippen molar-refractivity contribution in [3.63, 3.8) is 0 Å². The van der Waals surface area contributed by atoms with Crippen molar-refractivity contribution in [2.24, 2.45) is 5.41 Å². The summed E-state index contributed by atoms with van der Waals surface area (Å²) in [5.41, 5.74) is 1.63. The Hall–Kier alpha value is -1.68. The molecule has 1 aromatic heterocycles. The third-order valence-corrected chi connectivity index (χ3v) is 4.86. The molecule has 4 rings (SSSR count). The van der Waals surface area contributed by atoms with Crippen molar-refractivity contribution < 1.29 is 0 Å². The fourth-order valence-electron chi connectivity index (χ4n) is 3.85. The Balaban J connectivity index is 1.59. The SMILES string of the molecule is CN1CC2(CCN(c3ncnc4ccccc34)CC2)C1. The summed E-state index contributed by atoms with van der Waals surface area (Å²) in [6, 6.07) is 8.30. The summed E-state index contributed by atoms with van der Waals surface area (Å²) in [7, 11) is 2.22. The van der Waals surface area contributed by atoms with Crippen LogP contribution in [0.5, 0.6) is 0 Å². The number of para-hydroxylation sites is 1. The van der Waals surface area contributed by atoms with E-state index in [2.05, 4.69) is 45.0 Å². The van der Waals surface area contributed by atoms with Crippen molar-refractivity contribution in [3.05, 3.63) is 30.6 Å². The first-order chi connectivity index (χ1) is 9.76. The van der Waals surface area contributed by atoms with E-state index in [1.54, 1.807) is 6.33 Å². The van der Waals surface area contributed by atoms with E-state index in [1.807, 2.05) is 6.07 Å². The van der Waals surface area contributed by atoms with Crippen molar-refractivity contribution in [1.82, 2.24) is 14.9 Å². The molecule has 2 fully saturated rings. The molecule has 104 valence electrons. The van der Waals surface area contributed by atoms with Crippen LogP contribution >= 0.6 is 0 Å². The number of anilines is 1. The Labute approximate surface area is 119 Å². The summed E-state index contributed by atoms with van der Waals surface area (Å²) in [6.45, 7) is 4.78. The molecule has 0 N–H and O–H groups in total. The molecule has 1 aromatic carbocycles.